The van der Waals surface area contributed by atoms with E-state index in [-0.39, 0.29) is 5.41 Å². The van der Waals surface area contributed by atoms with Crippen molar-refractivity contribution in [3.63, 3.8) is 0 Å². The van der Waals surface area contributed by atoms with E-state index in [9.17, 15) is 0 Å². The van der Waals surface area contributed by atoms with Crippen molar-refractivity contribution in [3.8, 4) is 0 Å². The first kappa shape index (κ1) is 16.0. The third-order valence-corrected chi connectivity index (χ3v) is 5.00. The molecule has 1 aromatic carbocycles. The van der Waals surface area contributed by atoms with E-state index in [1.807, 2.05) is 0 Å². The number of hydrogen-bond donors (Lipinski definition) is 0. The summed E-state index contributed by atoms with van der Waals surface area (Å²) in [5, 5.41) is 0. The summed E-state index contributed by atoms with van der Waals surface area (Å²) in [6.07, 6.45) is 6.35. The van der Waals surface area contributed by atoms with E-state index in [2.05, 4.69) is 51.1 Å². The van der Waals surface area contributed by atoms with E-state index in [1.54, 1.807) is 0 Å². The zero-order chi connectivity index (χ0) is 13.4. The van der Waals surface area contributed by atoms with Gasteiger partial charge in [-0.1, -0.05) is 0 Å². The van der Waals surface area contributed by atoms with E-state index in [0.717, 1.165) is 12.8 Å². The molecule has 0 saturated heterocycles. The van der Waals surface area contributed by atoms with Crippen LogP contribution >= 0.6 is 0 Å². The number of benzene rings is 1. The molecule has 1 atom stereocenters. The summed E-state index contributed by atoms with van der Waals surface area (Å²) < 4.78 is 5.94. The molecule has 0 aliphatic rings. The molecule has 0 heterocycles. The van der Waals surface area contributed by atoms with Crippen LogP contribution in [0.2, 0.25) is 0 Å². The van der Waals surface area contributed by atoms with Gasteiger partial charge in [-0.25, -0.2) is 0 Å². The molecule has 0 bridgehead atoms. The van der Waals surface area contributed by atoms with Crippen molar-refractivity contribution < 1.29 is 3.07 Å². The quantitative estimate of drug-likeness (QED) is 0.630. The summed E-state index contributed by atoms with van der Waals surface area (Å²) in [4.78, 5) is 0. The zero-order valence-electron chi connectivity index (χ0n) is 11.9. The van der Waals surface area contributed by atoms with Gasteiger partial charge in [0.25, 0.3) is 0 Å². The van der Waals surface area contributed by atoms with Crippen LogP contribution in [0.5, 0.6) is 0 Å². The molecule has 3 radical (unpaired) electrons. The Kier molecular flexibility index (Phi) is 7.31. The summed E-state index contributed by atoms with van der Waals surface area (Å²) >= 11 is 1.19. The van der Waals surface area contributed by atoms with Crippen molar-refractivity contribution in [2.24, 2.45) is 0 Å². The molecule has 0 aliphatic heterocycles. The maximum atomic E-state index is 5.94. The molecule has 2 heteroatoms. The molecule has 0 aromatic heterocycles. The molecule has 1 rings (SSSR count). The van der Waals surface area contributed by atoms with Crippen molar-refractivity contribution in [2.45, 2.75) is 64.4 Å². The van der Waals surface area contributed by atoms with Gasteiger partial charge in [0.1, 0.15) is 0 Å². The molecular weight excluding hydrogens is 327 g/mol. The first-order valence-electron chi connectivity index (χ1n) is 7.13. The normalized spacial score (nSPS) is 13.6. The monoisotopic (exact) mass is 353 g/mol. The van der Waals surface area contributed by atoms with Gasteiger partial charge in [0.05, 0.1) is 0 Å². The van der Waals surface area contributed by atoms with Crippen LogP contribution in [0.25, 0.3) is 0 Å². The van der Waals surface area contributed by atoms with Gasteiger partial charge >= 0.3 is 126 Å². The number of rotatable bonds is 8. The molecule has 1 aromatic rings. The summed E-state index contributed by atoms with van der Waals surface area (Å²) in [5.74, 6) is 0. The fraction of sp³-hybridized carbons (Fsp3) is 0.625. The second-order valence-electron chi connectivity index (χ2n) is 4.98. The topological polar surface area (TPSA) is 9.23 Å². The van der Waals surface area contributed by atoms with E-state index < -0.39 is 0 Å². The van der Waals surface area contributed by atoms with Gasteiger partial charge < -0.3 is 0 Å². The van der Waals surface area contributed by atoms with Gasteiger partial charge in [-0.2, -0.15) is 0 Å². The summed E-state index contributed by atoms with van der Waals surface area (Å²) in [5.41, 5.74) is 1.64. The van der Waals surface area contributed by atoms with Crippen molar-refractivity contribution >= 4 is 22.9 Å². The van der Waals surface area contributed by atoms with Crippen LogP contribution in [0.4, 0.5) is 0 Å². The number of hydrogen-bond acceptors (Lipinski definition) is 1. The maximum absolute atomic E-state index is 5.94. The van der Waals surface area contributed by atoms with Crippen LogP contribution < -0.4 is 0 Å². The second kappa shape index (κ2) is 8.21. The second-order valence-corrected chi connectivity index (χ2v) is 5.65. The van der Waals surface area contributed by atoms with Crippen LogP contribution in [-0.4, -0.2) is 29.0 Å². The molecule has 0 spiro atoms. The summed E-state index contributed by atoms with van der Waals surface area (Å²) in [6.45, 7) is 6.84. The fourth-order valence-electron chi connectivity index (χ4n) is 2.91. The molecule has 0 fully saturated rings. The van der Waals surface area contributed by atoms with Crippen molar-refractivity contribution in [1.29, 1.82) is 0 Å². The number of unbranched alkanes of at least 4 members (excludes halogenated alkanes) is 1. The van der Waals surface area contributed by atoms with Gasteiger partial charge in [0.15, 0.2) is 0 Å². The first-order chi connectivity index (χ1) is 8.75. The van der Waals surface area contributed by atoms with Crippen molar-refractivity contribution in [1.82, 2.24) is 0 Å². The van der Waals surface area contributed by atoms with Crippen LogP contribution in [0, 0.1) is 0 Å². The average molecular weight is 352 g/mol. The Balaban J connectivity index is 3.04. The minimum absolute atomic E-state index is 0.194. The van der Waals surface area contributed by atoms with Gasteiger partial charge in [-0.3, -0.25) is 0 Å². The Labute approximate surface area is 126 Å². The third kappa shape index (κ3) is 3.51. The first-order valence-corrected chi connectivity index (χ1v) is 8.29. The van der Waals surface area contributed by atoms with E-state index in [1.165, 1.54) is 47.8 Å². The van der Waals surface area contributed by atoms with Gasteiger partial charge in [0.2, 0.25) is 0 Å². The Morgan fingerprint density at radius 1 is 1.11 bits per heavy atom. The fourth-order valence-corrected chi connectivity index (χ4v) is 3.89. The molecule has 18 heavy (non-hydrogen) atoms. The summed E-state index contributed by atoms with van der Waals surface area (Å²) in [6, 6.07) is 10.9. The average Bonchev–Trinajstić information content (AvgIpc) is 2.45. The Hall–Kier alpha value is -0.0213. The van der Waals surface area contributed by atoms with Crippen molar-refractivity contribution in [2.75, 3.05) is 0 Å². The van der Waals surface area contributed by atoms with E-state index in [0.29, 0.717) is 6.10 Å². The van der Waals surface area contributed by atoms with Gasteiger partial charge in [0, 0.05) is 0 Å². The van der Waals surface area contributed by atoms with Crippen LogP contribution in [-0.2, 0) is 8.49 Å². The standard InChI is InChI=1S/C16H25O.Sn/c1-4-7-13-15(17)16(5-2,6-3)14-11-9-8-10-12-14;/h8-12,15H,4-7,13H2,1-3H3;/q-1;+1. The van der Waals surface area contributed by atoms with Crippen LogP contribution in [0.3, 0.4) is 0 Å². The molecule has 0 saturated carbocycles. The van der Waals surface area contributed by atoms with E-state index in [4.69, 9.17) is 3.07 Å². The molecule has 1 nitrogen and oxygen atoms in total. The molecular formula is C16H25OSn. The van der Waals surface area contributed by atoms with E-state index >= 15 is 0 Å². The molecule has 0 amide bonds. The van der Waals surface area contributed by atoms with Gasteiger partial charge in [-0.05, 0) is 0 Å². The van der Waals surface area contributed by atoms with Crippen LogP contribution in [0.15, 0.2) is 30.3 Å². The Bertz CT molecular complexity index is 319. The molecule has 1 unspecified atom stereocenters. The SMILES string of the molecule is CCCCC([O][Sn])C(CC)(CC)c1ccccc1. The Morgan fingerprint density at radius 3 is 2.17 bits per heavy atom. The molecule has 0 aliphatic carbocycles. The van der Waals surface area contributed by atoms with Gasteiger partial charge in [-0.15, -0.1) is 0 Å². The predicted molar refractivity (Wildman–Crippen MR) is 78.9 cm³/mol. The minimum atomic E-state index is 0.194. The molecule has 0 N–H and O–H groups in total. The third-order valence-electron chi connectivity index (χ3n) is 4.19. The van der Waals surface area contributed by atoms with Crippen molar-refractivity contribution in [3.05, 3.63) is 35.9 Å². The zero-order valence-corrected chi connectivity index (χ0v) is 14.8. The Morgan fingerprint density at radius 2 is 1.72 bits per heavy atom. The van der Waals surface area contributed by atoms with Crippen LogP contribution in [0.1, 0.15) is 58.4 Å². The summed E-state index contributed by atoms with van der Waals surface area (Å²) in [7, 11) is 0. The molecule has 99 valence electrons. The predicted octanol–water partition coefficient (Wildman–Crippen LogP) is 4.40.